The van der Waals surface area contributed by atoms with Gasteiger partial charge in [0.25, 0.3) is 0 Å². The molecule has 0 saturated carbocycles. The van der Waals surface area contributed by atoms with Crippen LogP contribution in [-0.2, 0) is 27.0 Å². The summed E-state index contributed by atoms with van der Waals surface area (Å²) in [4.78, 5) is 21.5. The second-order valence-corrected chi connectivity index (χ2v) is 2.64. The molecule has 2 nitrogen and oxygen atoms in total. The predicted octanol–water partition coefficient (Wildman–Crippen LogP) is 1.56. The monoisotopic (exact) mass is 214 g/mol. The Bertz CT molecular complexity index is 282. The molecule has 0 radical (unpaired) electrons. The van der Waals surface area contributed by atoms with Crippen molar-refractivity contribution in [3.63, 3.8) is 0 Å². The molecular weight excluding hydrogens is 204 g/mol. The Hall–Kier alpha value is -0.908. The summed E-state index contributed by atoms with van der Waals surface area (Å²) in [5, 5.41) is 0. The van der Waals surface area contributed by atoms with E-state index in [9.17, 15) is 9.59 Å². The quantitative estimate of drug-likeness (QED) is 0.565. The summed E-state index contributed by atoms with van der Waals surface area (Å²) in [5.41, 5.74) is 0.764. The molecule has 0 N–H and O–H groups in total. The van der Waals surface area contributed by atoms with Crippen molar-refractivity contribution in [1.29, 1.82) is 0 Å². The fourth-order valence-corrected chi connectivity index (χ4v) is 1.07. The number of ketones is 1. The van der Waals surface area contributed by atoms with E-state index in [4.69, 9.17) is 0 Å². The van der Waals surface area contributed by atoms with Gasteiger partial charge in [-0.3, -0.25) is 4.79 Å². The van der Waals surface area contributed by atoms with Gasteiger partial charge in [0.2, 0.25) is 0 Å². The first-order chi connectivity index (χ1) is 5.75. The van der Waals surface area contributed by atoms with Crippen LogP contribution in [0, 0.1) is 0 Å². The van der Waals surface area contributed by atoms with Crippen LogP contribution >= 0.6 is 0 Å². The number of benzene rings is 1. The minimum absolute atomic E-state index is 0. The number of aldehydes is 1. The van der Waals surface area contributed by atoms with Crippen molar-refractivity contribution in [2.24, 2.45) is 0 Å². The first-order valence-corrected chi connectivity index (χ1v) is 3.76. The van der Waals surface area contributed by atoms with Gasteiger partial charge in [-0.1, -0.05) is 30.3 Å². The van der Waals surface area contributed by atoms with Crippen molar-refractivity contribution in [3.05, 3.63) is 35.9 Å². The van der Waals surface area contributed by atoms with Crippen molar-refractivity contribution >= 4 is 12.1 Å². The Labute approximate surface area is 88.1 Å². The maximum absolute atomic E-state index is 10.9. The first kappa shape index (κ1) is 12.1. The van der Waals surface area contributed by atoms with Crippen molar-refractivity contribution in [2.45, 2.75) is 12.8 Å². The van der Waals surface area contributed by atoms with Gasteiger partial charge in [-0.2, -0.15) is 0 Å². The summed E-state index contributed by atoms with van der Waals surface area (Å²) >= 11 is 0. The van der Waals surface area contributed by atoms with Crippen molar-refractivity contribution in [3.8, 4) is 0 Å². The van der Waals surface area contributed by atoms with E-state index in [1.54, 1.807) is 12.1 Å². The normalized spacial score (nSPS) is 11.2. The number of rotatable bonds is 3. The Balaban J connectivity index is 0.00000144. The summed E-state index contributed by atoms with van der Waals surface area (Å²) < 4.78 is 0. The minimum Gasteiger partial charge on any atom is -0.302 e. The van der Waals surface area contributed by atoms with Crippen LogP contribution < -0.4 is 0 Å². The summed E-state index contributed by atoms with van der Waals surface area (Å²) in [5.74, 6) is -0.706. The molecule has 0 aliphatic carbocycles. The van der Waals surface area contributed by atoms with E-state index in [0.29, 0.717) is 6.29 Å². The van der Waals surface area contributed by atoms with E-state index in [1.165, 1.54) is 6.92 Å². The van der Waals surface area contributed by atoms with Crippen LogP contribution in [-0.4, -0.2) is 12.1 Å². The summed E-state index contributed by atoms with van der Waals surface area (Å²) in [6, 6.07) is 9.04. The molecule has 1 rings (SSSR count). The van der Waals surface area contributed by atoms with Crippen molar-refractivity contribution < 1.29 is 27.0 Å². The third-order valence-electron chi connectivity index (χ3n) is 1.73. The minimum atomic E-state index is -0.591. The molecule has 1 aromatic rings. The maximum Gasteiger partial charge on any atom is 0.144 e. The van der Waals surface area contributed by atoms with Gasteiger partial charge in [0.15, 0.2) is 0 Å². The van der Waals surface area contributed by atoms with E-state index in [1.807, 2.05) is 18.2 Å². The van der Waals surface area contributed by atoms with E-state index in [0.717, 1.165) is 5.56 Å². The summed E-state index contributed by atoms with van der Waals surface area (Å²) in [6.07, 6.45) is 0.678. The predicted molar refractivity (Wildman–Crippen MR) is 45.9 cm³/mol. The van der Waals surface area contributed by atoms with Gasteiger partial charge >= 0.3 is 0 Å². The first-order valence-electron chi connectivity index (χ1n) is 3.76. The molecule has 1 unspecified atom stereocenters. The zero-order valence-corrected chi connectivity index (χ0v) is 8.54. The van der Waals surface area contributed by atoms with Crippen LogP contribution in [0.4, 0.5) is 0 Å². The maximum atomic E-state index is 10.9. The number of hydrogen-bond donors (Lipinski definition) is 0. The van der Waals surface area contributed by atoms with Gasteiger partial charge in [-0.05, 0) is 12.5 Å². The number of hydrogen-bond acceptors (Lipinski definition) is 2. The molecule has 0 aliphatic rings. The molecule has 0 spiro atoms. The topological polar surface area (TPSA) is 34.1 Å². The van der Waals surface area contributed by atoms with Crippen LogP contribution in [0.15, 0.2) is 30.3 Å². The molecular formula is C10H10CrO2. The van der Waals surface area contributed by atoms with Gasteiger partial charge < -0.3 is 4.79 Å². The van der Waals surface area contributed by atoms with Gasteiger partial charge in [0.05, 0.1) is 5.92 Å². The van der Waals surface area contributed by atoms with Gasteiger partial charge in [-0.25, -0.2) is 0 Å². The van der Waals surface area contributed by atoms with Gasteiger partial charge in [0.1, 0.15) is 12.1 Å². The smallest absolute Gasteiger partial charge is 0.144 e. The zero-order valence-electron chi connectivity index (χ0n) is 7.27. The molecule has 13 heavy (non-hydrogen) atoms. The SMILES string of the molecule is CC(=O)C(C=O)c1ccccc1.[Cr]. The Morgan fingerprint density at radius 1 is 1.31 bits per heavy atom. The fraction of sp³-hybridized carbons (Fsp3) is 0.200. The van der Waals surface area contributed by atoms with Crippen molar-refractivity contribution in [1.82, 2.24) is 0 Å². The molecule has 3 heteroatoms. The number of Topliss-reactive ketones (excluding diaryl/α,β-unsaturated/α-hetero) is 1. The molecule has 68 valence electrons. The van der Waals surface area contributed by atoms with E-state index in [2.05, 4.69) is 0 Å². The molecule has 0 fully saturated rings. The zero-order chi connectivity index (χ0) is 8.97. The van der Waals surface area contributed by atoms with E-state index >= 15 is 0 Å². The van der Waals surface area contributed by atoms with E-state index < -0.39 is 5.92 Å². The summed E-state index contributed by atoms with van der Waals surface area (Å²) in [7, 11) is 0. The molecule has 0 amide bonds. The van der Waals surface area contributed by atoms with E-state index in [-0.39, 0.29) is 23.1 Å². The van der Waals surface area contributed by atoms with Crippen LogP contribution in [0.1, 0.15) is 18.4 Å². The second-order valence-electron chi connectivity index (χ2n) is 2.64. The molecule has 0 bridgehead atoms. The molecule has 1 aromatic carbocycles. The third kappa shape index (κ3) is 3.14. The van der Waals surface area contributed by atoms with Crippen LogP contribution in [0.25, 0.3) is 0 Å². The van der Waals surface area contributed by atoms with Gasteiger partial charge in [-0.15, -0.1) is 0 Å². The molecule has 0 aromatic heterocycles. The second kappa shape index (κ2) is 5.69. The Kier molecular flexibility index (Phi) is 5.29. The van der Waals surface area contributed by atoms with Crippen molar-refractivity contribution in [2.75, 3.05) is 0 Å². The molecule has 1 atom stereocenters. The number of carbonyl (C=O) groups is 2. The Morgan fingerprint density at radius 3 is 2.23 bits per heavy atom. The third-order valence-corrected chi connectivity index (χ3v) is 1.73. The molecule has 0 saturated heterocycles. The fourth-order valence-electron chi connectivity index (χ4n) is 1.07. The molecule has 0 aliphatic heterocycles. The van der Waals surface area contributed by atoms with Crippen LogP contribution in [0.2, 0.25) is 0 Å². The Morgan fingerprint density at radius 2 is 1.85 bits per heavy atom. The molecule has 0 heterocycles. The largest absolute Gasteiger partial charge is 0.302 e. The average Bonchev–Trinajstić information content (AvgIpc) is 2.07. The summed E-state index contributed by atoms with van der Waals surface area (Å²) in [6.45, 7) is 1.42. The average molecular weight is 214 g/mol. The standard InChI is InChI=1S/C10H10O2.Cr/c1-8(12)10(7-11)9-5-3-2-4-6-9;/h2-7,10H,1H3;. The number of carbonyl (C=O) groups excluding carboxylic acids is 2. The van der Waals surface area contributed by atoms with Crippen LogP contribution in [0.5, 0.6) is 0 Å². The van der Waals surface area contributed by atoms with Gasteiger partial charge in [0, 0.05) is 17.4 Å². The van der Waals surface area contributed by atoms with Crippen LogP contribution in [0.3, 0.4) is 0 Å².